The van der Waals surface area contributed by atoms with Crippen molar-refractivity contribution in [1.82, 2.24) is 0 Å². The van der Waals surface area contributed by atoms with Crippen molar-refractivity contribution < 1.29 is 18.6 Å². The van der Waals surface area contributed by atoms with Crippen LogP contribution in [0.2, 0.25) is 0 Å². The first kappa shape index (κ1) is 19.5. The average molecular weight is 382 g/mol. The quantitative estimate of drug-likeness (QED) is 0.762. The van der Waals surface area contributed by atoms with Gasteiger partial charge >= 0.3 is 5.63 Å². The maximum absolute atomic E-state index is 12.5. The normalized spacial score (nSPS) is 18.0. The van der Waals surface area contributed by atoms with E-state index in [9.17, 15) is 10.1 Å². The molecule has 3 rings (SSSR count). The minimum Gasteiger partial charge on any atom is -0.493 e. The lowest BCUT2D eigenvalue weighted by Crippen LogP contribution is -2.34. The minimum absolute atomic E-state index is 0.202. The number of fused-ring (bicyclic) bond motifs is 1. The number of nitrogens with zero attached hydrogens (tertiary/aromatic N) is 1. The van der Waals surface area contributed by atoms with E-state index in [1.54, 1.807) is 31.2 Å². The molecule has 0 spiro atoms. The number of hydrogen-bond acceptors (Lipinski definition) is 7. The highest BCUT2D eigenvalue weighted by molar-refractivity contribution is 5.85. The van der Waals surface area contributed by atoms with E-state index in [1.807, 2.05) is 0 Å². The Kier molecular flexibility index (Phi) is 5.69. The van der Waals surface area contributed by atoms with Crippen molar-refractivity contribution in [2.45, 2.75) is 32.6 Å². The molecule has 1 aliphatic heterocycles. The Labute approximate surface area is 163 Å². The summed E-state index contributed by atoms with van der Waals surface area (Å²) in [5.74, 6) is -0.132. The highest BCUT2D eigenvalue weighted by Crippen LogP contribution is 2.42. The van der Waals surface area contributed by atoms with E-state index in [0.717, 1.165) is 12.8 Å². The summed E-state index contributed by atoms with van der Waals surface area (Å²) < 4.78 is 21.9. The van der Waals surface area contributed by atoms with E-state index in [2.05, 4.69) is 13.0 Å². The lowest BCUT2D eigenvalue weighted by atomic mass is 9.79. The summed E-state index contributed by atoms with van der Waals surface area (Å²) in [6.07, 6.45) is 1.94. The Hall–Kier alpha value is -3.27. The third-order valence-corrected chi connectivity index (χ3v) is 4.66. The zero-order chi connectivity index (χ0) is 20.3. The fraction of sp³-hybridized carbons (Fsp3) is 0.381. The van der Waals surface area contributed by atoms with Crippen LogP contribution in [0, 0.1) is 29.6 Å². The monoisotopic (exact) mass is 382 g/mol. The van der Waals surface area contributed by atoms with Gasteiger partial charge in [0.05, 0.1) is 25.3 Å². The van der Waals surface area contributed by atoms with Gasteiger partial charge in [-0.15, -0.1) is 0 Å². The molecule has 2 heterocycles. The number of nitrogens with one attached hydrogen (secondary N) is 1. The van der Waals surface area contributed by atoms with Gasteiger partial charge in [0.25, 0.3) is 0 Å². The Bertz CT molecular complexity index is 989. The standard InChI is InChI=1S/C21H22N2O5/c1-4-5-8-26-15-7-6-13(10-16(15)25-3)18-14(11-22)20(23)28-17-9-12(2)27-21(24)19(17)18/h6-7,9-10,14,18,23H,4-5,8H2,1-3H3. The van der Waals surface area contributed by atoms with Crippen molar-refractivity contribution in [2.24, 2.45) is 5.92 Å². The van der Waals surface area contributed by atoms with Crippen molar-refractivity contribution in [3.63, 3.8) is 0 Å². The van der Waals surface area contributed by atoms with E-state index in [4.69, 9.17) is 24.0 Å². The number of methoxy groups -OCH3 is 1. The van der Waals surface area contributed by atoms with Gasteiger partial charge in [0.2, 0.25) is 5.90 Å². The lowest BCUT2D eigenvalue weighted by molar-refractivity contribution is 0.288. The zero-order valence-corrected chi connectivity index (χ0v) is 16.1. The summed E-state index contributed by atoms with van der Waals surface area (Å²) in [5.41, 5.74) is 0.307. The molecule has 0 aliphatic carbocycles. The fourth-order valence-electron chi connectivity index (χ4n) is 3.27. The minimum atomic E-state index is -0.949. The highest BCUT2D eigenvalue weighted by atomic mass is 16.5. The third-order valence-electron chi connectivity index (χ3n) is 4.66. The van der Waals surface area contributed by atoms with Gasteiger partial charge in [0.1, 0.15) is 17.4 Å². The van der Waals surface area contributed by atoms with Crippen LogP contribution in [0.1, 0.15) is 42.6 Å². The summed E-state index contributed by atoms with van der Waals surface area (Å²) in [6, 6.07) is 8.91. The van der Waals surface area contributed by atoms with Crippen LogP contribution in [0.25, 0.3) is 0 Å². The van der Waals surface area contributed by atoms with Crippen LogP contribution in [-0.2, 0) is 0 Å². The summed E-state index contributed by atoms with van der Waals surface area (Å²) in [4.78, 5) is 12.5. The summed E-state index contributed by atoms with van der Waals surface area (Å²) >= 11 is 0. The average Bonchev–Trinajstić information content (AvgIpc) is 2.67. The molecule has 1 aromatic heterocycles. The maximum Gasteiger partial charge on any atom is 0.343 e. The SMILES string of the molecule is CCCCOc1ccc(C2c3c(cc(C)oc3=O)OC(=N)C2C#N)cc1OC. The summed E-state index contributed by atoms with van der Waals surface area (Å²) in [7, 11) is 1.53. The van der Waals surface area contributed by atoms with Crippen molar-refractivity contribution in [3.8, 4) is 23.3 Å². The molecule has 7 nitrogen and oxygen atoms in total. The van der Waals surface area contributed by atoms with Crippen LogP contribution < -0.4 is 19.8 Å². The van der Waals surface area contributed by atoms with Crippen molar-refractivity contribution >= 4 is 5.90 Å². The first-order valence-electron chi connectivity index (χ1n) is 9.11. The smallest absolute Gasteiger partial charge is 0.343 e. The molecule has 146 valence electrons. The van der Waals surface area contributed by atoms with Crippen LogP contribution >= 0.6 is 0 Å². The van der Waals surface area contributed by atoms with Crippen LogP contribution in [0.15, 0.2) is 33.5 Å². The van der Waals surface area contributed by atoms with Crippen molar-refractivity contribution in [2.75, 3.05) is 13.7 Å². The molecule has 1 N–H and O–H groups in total. The molecule has 0 saturated carbocycles. The van der Waals surface area contributed by atoms with Crippen LogP contribution in [-0.4, -0.2) is 19.6 Å². The van der Waals surface area contributed by atoms with E-state index >= 15 is 0 Å². The van der Waals surface area contributed by atoms with Gasteiger partial charge in [-0.3, -0.25) is 5.41 Å². The lowest BCUT2D eigenvalue weighted by Gasteiger charge is -2.29. The molecule has 1 aliphatic rings. The first-order valence-corrected chi connectivity index (χ1v) is 9.11. The molecule has 0 amide bonds. The summed E-state index contributed by atoms with van der Waals surface area (Å²) in [6.45, 7) is 4.28. The molecular formula is C21H22N2O5. The number of aryl methyl sites for hydroxylation is 1. The molecular weight excluding hydrogens is 360 g/mol. The molecule has 7 heteroatoms. The molecule has 2 aromatic rings. The van der Waals surface area contributed by atoms with Gasteiger partial charge in [-0.1, -0.05) is 19.4 Å². The molecule has 0 fully saturated rings. The van der Waals surface area contributed by atoms with E-state index in [1.165, 1.54) is 7.11 Å². The van der Waals surface area contributed by atoms with Gasteiger partial charge in [-0.25, -0.2) is 4.79 Å². The van der Waals surface area contributed by atoms with E-state index in [-0.39, 0.29) is 17.2 Å². The van der Waals surface area contributed by atoms with Crippen LogP contribution in [0.4, 0.5) is 0 Å². The van der Waals surface area contributed by atoms with Crippen molar-refractivity contribution in [1.29, 1.82) is 10.7 Å². The number of benzene rings is 1. The number of rotatable bonds is 6. The van der Waals surface area contributed by atoms with Gasteiger partial charge in [-0.2, -0.15) is 5.26 Å². The second kappa shape index (κ2) is 8.17. The van der Waals surface area contributed by atoms with Gasteiger partial charge < -0.3 is 18.6 Å². The summed E-state index contributed by atoms with van der Waals surface area (Å²) in [5, 5.41) is 17.7. The molecule has 2 atom stereocenters. The Balaban J connectivity index is 2.10. The van der Waals surface area contributed by atoms with Crippen LogP contribution in [0.5, 0.6) is 17.2 Å². The second-order valence-electron chi connectivity index (χ2n) is 6.59. The molecule has 1 aromatic carbocycles. The Morgan fingerprint density at radius 3 is 2.75 bits per heavy atom. The molecule has 0 radical (unpaired) electrons. The van der Waals surface area contributed by atoms with Crippen LogP contribution in [0.3, 0.4) is 0 Å². The predicted octanol–water partition coefficient (Wildman–Crippen LogP) is 3.78. The largest absolute Gasteiger partial charge is 0.493 e. The number of unbranched alkanes of at least 4 members (excludes halogenated alkanes) is 1. The predicted molar refractivity (Wildman–Crippen MR) is 102 cm³/mol. The molecule has 28 heavy (non-hydrogen) atoms. The molecule has 2 unspecified atom stereocenters. The number of hydrogen-bond donors (Lipinski definition) is 1. The Morgan fingerprint density at radius 1 is 1.29 bits per heavy atom. The van der Waals surface area contributed by atoms with Gasteiger partial charge in [-0.05, 0) is 31.0 Å². The zero-order valence-electron chi connectivity index (χ0n) is 16.1. The van der Waals surface area contributed by atoms with Gasteiger partial charge in [0, 0.05) is 12.0 Å². The third kappa shape index (κ3) is 3.58. The Morgan fingerprint density at radius 2 is 2.07 bits per heavy atom. The van der Waals surface area contributed by atoms with Gasteiger partial charge in [0.15, 0.2) is 11.5 Å². The number of nitriles is 1. The first-order chi connectivity index (χ1) is 13.5. The van der Waals surface area contributed by atoms with E-state index < -0.39 is 17.5 Å². The van der Waals surface area contributed by atoms with Crippen molar-refractivity contribution in [3.05, 3.63) is 51.6 Å². The molecule has 0 saturated heterocycles. The van der Waals surface area contributed by atoms with E-state index in [0.29, 0.717) is 29.4 Å². The molecule has 0 bridgehead atoms. The highest BCUT2D eigenvalue weighted by Gasteiger charge is 2.40. The number of ether oxygens (including phenoxy) is 3. The second-order valence-corrected chi connectivity index (χ2v) is 6.59. The topological polar surface area (TPSA) is 106 Å². The maximum atomic E-state index is 12.5. The fourth-order valence-corrected chi connectivity index (χ4v) is 3.27.